The van der Waals surface area contributed by atoms with Gasteiger partial charge in [0.25, 0.3) is 0 Å². The predicted octanol–water partition coefficient (Wildman–Crippen LogP) is 2.91. The van der Waals surface area contributed by atoms with E-state index in [0.717, 1.165) is 11.1 Å². The van der Waals surface area contributed by atoms with Crippen LogP contribution >= 0.6 is 0 Å². The van der Waals surface area contributed by atoms with Gasteiger partial charge in [-0.1, -0.05) is 12.1 Å². The summed E-state index contributed by atoms with van der Waals surface area (Å²) in [7, 11) is 0. The van der Waals surface area contributed by atoms with E-state index in [4.69, 9.17) is 19.9 Å². The van der Waals surface area contributed by atoms with E-state index in [2.05, 4.69) is 4.98 Å². The number of hydrogen-bond acceptors (Lipinski definition) is 7. The smallest absolute Gasteiger partial charge is 0.340 e. The Kier molecular flexibility index (Phi) is 5.93. The topological polar surface area (TPSA) is 101 Å². The zero-order valence-corrected chi connectivity index (χ0v) is 15.8. The van der Waals surface area contributed by atoms with Gasteiger partial charge in [-0.25, -0.2) is 4.79 Å². The van der Waals surface area contributed by atoms with Crippen molar-refractivity contribution < 1.29 is 23.8 Å². The molecule has 0 spiro atoms. The Labute approximate surface area is 163 Å². The van der Waals surface area contributed by atoms with Crippen LogP contribution in [0.3, 0.4) is 0 Å². The molecule has 1 unspecified atom stereocenters. The lowest BCUT2D eigenvalue weighted by Gasteiger charge is -2.28. The lowest BCUT2D eigenvalue weighted by Crippen LogP contribution is -2.28. The molecule has 0 radical (unpaired) electrons. The van der Waals surface area contributed by atoms with E-state index in [9.17, 15) is 9.59 Å². The monoisotopic (exact) mass is 382 g/mol. The average Bonchev–Trinajstić information content (AvgIpc) is 2.68. The first-order valence-electron chi connectivity index (χ1n) is 9.09. The Hall–Kier alpha value is -3.35. The number of carbonyl (C=O) groups excluding carboxylic acids is 2. The lowest BCUT2D eigenvalue weighted by molar-refractivity contribution is -0.143. The van der Waals surface area contributed by atoms with Crippen molar-refractivity contribution in [2.24, 2.45) is 5.73 Å². The maximum Gasteiger partial charge on any atom is 0.340 e. The highest BCUT2D eigenvalue weighted by Crippen LogP contribution is 2.42. The van der Waals surface area contributed by atoms with Crippen LogP contribution in [0.1, 0.15) is 31.7 Å². The average molecular weight is 382 g/mol. The van der Waals surface area contributed by atoms with Crippen LogP contribution in [0, 0.1) is 0 Å². The molecule has 1 aliphatic rings. The van der Waals surface area contributed by atoms with Gasteiger partial charge in [-0.3, -0.25) is 9.78 Å². The molecule has 1 atom stereocenters. The molecule has 3 rings (SSSR count). The summed E-state index contributed by atoms with van der Waals surface area (Å²) in [6.45, 7) is 3.86. The molecule has 0 saturated carbocycles. The Bertz CT molecular complexity index is 908. The van der Waals surface area contributed by atoms with Crippen LogP contribution in [0.2, 0.25) is 0 Å². The minimum absolute atomic E-state index is 0.0461. The third kappa shape index (κ3) is 3.98. The molecule has 2 N–H and O–H groups in total. The second-order valence-electron chi connectivity index (χ2n) is 6.16. The van der Waals surface area contributed by atoms with Crippen LogP contribution in [0.25, 0.3) is 11.1 Å². The van der Waals surface area contributed by atoms with Crippen molar-refractivity contribution in [2.45, 2.75) is 26.2 Å². The molecule has 146 valence electrons. The van der Waals surface area contributed by atoms with Gasteiger partial charge in [0.15, 0.2) is 0 Å². The first-order valence-corrected chi connectivity index (χ1v) is 9.09. The van der Waals surface area contributed by atoms with Crippen molar-refractivity contribution >= 4 is 11.9 Å². The molecule has 1 aromatic heterocycles. The fourth-order valence-electron chi connectivity index (χ4n) is 3.18. The van der Waals surface area contributed by atoms with Gasteiger partial charge in [0.1, 0.15) is 11.3 Å². The number of hydrogen-bond donors (Lipinski definition) is 1. The molecule has 28 heavy (non-hydrogen) atoms. The number of rotatable bonds is 6. The Morgan fingerprint density at radius 2 is 1.93 bits per heavy atom. The summed E-state index contributed by atoms with van der Waals surface area (Å²) in [5.74, 6) is -1.23. The number of fused-ring (bicyclic) bond motifs is 1. The van der Waals surface area contributed by atoms with E-state index >= 15 is 0 Å². The number of benzene rings is 1. The van der Waals surface area contributed by atoms with Crippen molar-refractivity contribution in [1.82, 2.24) is 4.98 Å². The summed E-state index contributed by atoms with van der Waals surface area (Å²) in [6.07, 6.45) is 3.38. The van der Waals surface area contributed by atoms with Crippen LogP contribution in [-0.2, 0) is 19.1 Å². The maximum absolute atomic E-state index is 12.5. The molecule has 7 heteroatoms. The van der Waals surface area contributed by atoms with Crippen LogP contribution in [0.5, 0.6) is 5.75 Å². The minimum Gasteiger partial charge on any atom is -0.466 e. The van der Waals surface area contributed by atoms with E-state index < -0.39 is 17.9 Å². The van der Waals surface area contributed by atoms with Gasteiger partial charge in [0, 0.05) is 29.4 Å². The standard InChI is InChI=1S/C21H22N2O5/c1-3-26-18(24)11-16-15-10-13(14-6-5-9-23-12-14)7-8-17(15)28-20(22)19(16)21(25)27-4-2/h5-10,12,16H,3-4,11,22H2,1-2H3. The van der Waals surface area contributed by atoms with Crippen molar-refractivity contribution in [3.8, 4) is 16.9 Å². The maximum atomic E-state index is 12.5. The fourth-order valence-corrected chi connectivity index (χ4v) is 3.18. The minimum atomic E-state index is -0.626. The molecule has 1 aromatic carbocycles. The normalized spacial score (nSPS) is 15.4. The number of pyridine rings is 1. The number of nitrogens with zero attached hydrogens (tertiary/aromatic N) is 1. The highest BCUT2D eigenvalue weighted by Gasteiger charge is 2.36. The second-order valence-corrected chi connectivity index (χ2v) is 6.16. The largest absolute Gasteiger partial charge is 0.466 e. The number of nitrogens with two attached hydrogens (primary N) is 1. The van der Waals surface area contributed by atoms with Crippen molar-refractivity contribution in [3.05, 3.63) is 59.7 Å². The van der Waals surface area contributed by atoms with Gasteiger partial charge in [0.2, 0.25) is 5.88 Å². The molecular weight excluding hydrogens is 360 g/mol. The molecule has 1 aliphatic heterocycles. The predicted molar refractivity (Wildman–Crippen MR) is 102 cm³/mol. The number of carbonyl (C=O) groups is 2. The summed E-state index contributed by atoms with van der Waals surface area (Å²) >= 11 is 0. The molecule has 2 heterocycles. The van der Waals surface area contributed by atoms with Crippen molar-refractivity contribution in [1.29, 1.82) is 0 Å². The Balaban J connectivity index is 2.07. The van der Waals surface area contributed by atoms with Crippen molar-refractivity contribution in [2.75, 3.05) is 13.2 Å². The molecule has 0 saturated heterocycles. The summed E-state index contributed by atoms with van der Waals surface area (Å²) < 4.78 is 15.9. The third-order valence-electron chi connectivity index (χ3n) is 4.39. The molecule has 2 aromatic rings. The van der Waals surface area contributed by atoms with E-state index in [1.54, 1.807) is 32.3 Å². The summed E-state index contributed by atoms with van der Waals surface area (Å²) in [4.78, 5) is 28.9. The fraction of sp³-hybridized carbons (Fsp3) is 0.286. The van der Waals surface area contributed by atoms with E-state index in [1.807, 2.05) is 24.3 Å². The molecule has 7 nitrogen and oxygen atoms in total. The van der Waals surface area contributed by atoms with Gasteiger partial charge in [-0.2, -0.15) is 0 Å². The van der Waals surface area contributed by atoms with Gasteiger partial charge in [-0.15, -0.1) is 0 Å². The van der Waals surface area contributed by atoms with Crippen LogP contribution in [0.15, 0.2) is 54.2 Å². The first-order chi connectivity index (χ1) is 13.5. The zero-order chi connectivity index (χ0) is 20.1. The zero-order valence-electron chi connectivity index (χ0n) is 15.8. The number of esters is 2. The van der Waals surface area contributed by atoms with Crippen LogP contribution in [0.4, 0.5) is 0 Å². The molecule has 0 bridgehead atoms. The quantitative estimate of drug-likeness (QED) is 0.767. The summed E-state index contributed by atoms with van der Waals surface area (Å²) in [5, 5.41) is 0. The first kappa shape index (κ1) is 19.4. The highest BCUT2D eigenvalue weighted by atomic mass is 16.5. The molecule has 0 amide bonds. The molecule has 0 aliphatic carbocycles. The van der Waals surface area contributed by atoms with Gasteiger partial charge in [0.05, 0.1) is 19.6 Å². The van der Waals surface area contributed by atoms with E-state index in [0.29, 0.717) is 11.3 Å². The highest BCUT2D eigenvalue weighted by molar-refractivity contribution is 5.93. The second kappa shape index (κ2) is 8.56. The third-order valence-corrected chi connectivity index (χ3v) is 4.39. The van der Waals surface area contributed by atoms with Gasteiger partial charge >= 0.3 is 11.9 Å². The SMILES string of the molecule is CCOC(=O)CC1C(C(=O)OCC)=C(N)Oc2ccc(-c3cccnc3)cc21. The Morgan fingerprint density at radius 1 is 1.14 bits per heavy atom. The van der Waals surface area contributed by atoms with Gasteiger partial charge < -0.3 is 19.9 Å². The molecule has 0 fully saturated rings. The van der Waals surface area contributed by atoms with Crippen LogP contribution in [-0.4, -0.2) is 30.1 Å². The summed E-state index contributed by atoms with van der Waals surface area (Å²) in [6, 6.07) is 9.28. The summed E-state index contributed by atoms with van der Waals surface area (Å²) in [5.41, 5.74) is 8.60. The van der Waals surface area contributed by atoms with E-state index in [-0.39, 0.29) is 31.1 Å². The lowest BCUT2D eigenvalue weighted by atomic mass is 9.84. The number of aromatic nitrogens is 1. The Morgan fingerprint density at radius 3 is 2.61 bits per heavy atom. The van der Waals surface area contributed by atoms with Crippen molar-refractivity contribution in [3.63, 3.8) is 0 Å². The molecular formula is C21H22N2O5. The van der Waals surface area contributed by atoms with Crippen LogP contribution < -0.4 is 10.5 Å². The van der Waals surface area contributed by atoms with E-state index in [1.165, 1.54) is 0 Å². The number of ether oxygens (including phenoxy) is 3. The van der Waals surface area contributed by atoms with Gasteiger partial charge in [-0.05, 0) is 37.6 Å².